The maximum absolute atomic E-state index is 11.5. The van der Waals surface area contributed by atoms with Crippen LogP contribution in [0.1, 0.15) is 19.8 Å². The second kappa shape index (κ2) is 5.34. The Morgan fingerprint density at radius 1 is 1.71 bits per heavy atom. The molecule has 0 bridgehead atoms. The summed E-state index contributed by atoms with van der Waals surface area (Å²) in [5.41, 5.74) is 0. The summed E-state index contributed by atoms with van der Waals surface area (Å²) in [6, 6.07) is 0. The minimum Gasteiger partial charge on any atom is -0.465 e. The van der Waals surface area contributed by atoms with Gasteiger partial charge in [-0.05, 0) is 19.8 Å². The Morgan fingerprint density at radius 2 is 2.43 bits per heavy atom. The summed E-state index contributed by atoms with van der Waals surface area (Å²) in [6.45, 7) is 2.84. The smallest absolute Gasteiger partial charge is 0.325 e. The van der Waals surface area contributed by atoms with E-state index in [0.29, 0.717) is 13.2 Å². The van der Waals surface area contributed by atoms with Crippen LogP contribution in [-0.2, 0) is 14.3 Å². The van der Waals surface area contributed by atoms with Crippen molar-refractivity contribution in [1.29, 1.82) is 0 Å². The van der Waals surface area contributed by atoms with Gasteiger partial charge in [-0.1, -0.05) is 15.9 Å². The van der Waals surface area contributed by atoms with E-state index in [4.69, 9.17) is 4.74 Å². The maximum Gasteiger partial charge on any atom is 0.325 e. The third kappa shape index (κ3) is 2.97. The number of rotatable bonds is 3. The summed E-state index contributed by atoms with van der Waals surface area (Å²) in [5, 5.41) is 0. The summed E-state index contributed by atoms with van der Waals surface area (Å²) < 4.78 is 4.78. The van der Waals surface area contributed by atoms with E-state index >= 15 is 0 Å². The van der Waals surface area contributed by atoms with Gasteiger partial charge in [-0.25, -0.2) is 0 Å². The van der Waals surface area contributed by atoms with Gasteiger partial charge in [-0.2, -0.15) is 0 Å². The van der Waals surface area contributed by atoms with Crippen LogP contribution in [-0.4, -0.2) is 41.3 Å². The van der Waals surface area contributed by atoms with Gasteiger partial charge in [-0.3, -0.25) is 9.59 Å². The Balaban J connectivity index is 2.43. The largest absolute Gasteiger partial charge is 0.465 e. The minimum absolute atomic E-state index is 0.00990. The molecule has 1 aliphatic heterocycles. The SMILES string of the molecule is CCOC(=O)CN1CCCC(Br)C1=O. The third-order valence-corrected chi connectivity index (χ3v) is 2.94. The topological polar surface area (TPSA) is 46.6 Å². The van der Waals surface area contributed by atoms with Gasteiger partial charge in [0.25, 0.3) is 0 Å². The lowest BCUT2D eigenvalue weighted by Gasteiger charge is -2.28. The number of nitrogens with zero attached hydrogens (tertiary/aromatic N) is 1. The fourth-order valence-corrected chi connectivity index (χ4v) is 2.03. The number of ether oxygens (including phenoxy) is 1. The van der Waals surface area contributed by atoms with E-state index in [2.05, 4.69) is 15.9 Å². The molecule has 14 heavy (non-hydrogen) atoms. The number of likely N-dealkylation sites (tertiary alicyclic amines) is 1. The van der Waals surface area contributed by atoms with Crippen molar-refractivity contribution < 1.29 is 14.3 Å². The molecular weight excluding hydrogens is 250 g/mol. The molecule has 0 N–H and O–H groups in total. The molecule has 0 aromatic rings. The lowest BCUT2D eigenvalue weighted by atomic mass is 10.1. The third-order valence-electron chi connectivity index (χ3n) is 2.09. The second-order valence-electron chi connectivity index (χ2n) is 3.17. The van der Waals surface area contributed by atoms with E-state index in [1.165, 1.54) is 0 Å². The van der Waals surface area contributed by atoms with E-state index in [1.54, 1.807) is 11.8 Å². The van der Waals surface area contributed by atoms with Gasteiger partial charge in [0.1, 0.15) is 6.54 Å². The highest BCUT2D eigenvalue weighted by Gasteiger charge is 2.27. The molecule has 0 aromatic carbocycles. The van der Waals surface area contributed by atoms with Gasteiger partial charge in [0, 0.05) is 6.54 Å². The summed E-state index contributed by atoms with van der Waals surface area (Å²) in [6.07, 6.45) is 1.78. The van der Waals surface area contributed by atoms with Crippen molar-refractivity contribution in [1.82, 2.24) is 4.90 Å². The number of carbonyl (C=O) groups is 2. The second-order valence-corrected chi connectivity index (χ2v) is 4.28. The molecule has 0 saturated carbocycles. The van der Waals surface area contributed by atoms with Crippen molar-refractivity contribution in [3.05, 3.63) is 0 Å². The molecule has 1 unspecified atom stereocenters. The van der Waals surface area contributed by atoms with E-state index in [0.717, 1.165) is 12.8 Å². The van der Waals surface area contributed by atoms with Gasteiger partial charge in [0.15, 0.2) is 0 Å². The normalized spacial score (nSPS) is 22.3. The Labute approximate surface area is 91.7 Å². The Bertz CT molecular complexity index is 232. The average molecular weight is 264 g/mol. The summed E-state index contributed by atoms with van der Waals surface area (Å²) >= 11 is 3.28. The van der Waals surface area contributed by atoms with Crippen LogP contribution in [0, 0.1) is 0 Å². The molecule has 1 atom stereocenters. The zero-order chi connectivity index (χ0) is 10.6. The lowest BCUT2D eigenvalue weighted by Crippen LogP contribution is -2.44. The molecule has 80 valence electrons. The average Bonchev–Trinajstić information content (AvgIpc) is 2.13. The van der Waals surface area contributed by atoms with Crippen LogP contribution in [0.15, 0.2) is 0 Å². The molecule has 0 aromatic heterocycles. The number of halogens is 1. The van der Waals surface area contributed by atoms with E-state index in [9.17, 15) is 9.59 Å². The van der Waals surface area contributed by atoms with Crippen molar-refractivity contribution in [2.45, 2.75) is 24.6 Å². The Hall–Kier alpha value is -0.580. The van der Waals surface area contributed by atoms with Crippen LogP contribution < -0.4 is 0 Å². The highest BCUT2D eigenvalue weighted by atomic mass is 79.9. The van der Waals surface area contributed by atoms with Gasteiger partial charge < -0.3 is 9.64 Å². The molecule has 0 radical (unpaired) electrons. The molecule has 4 nitrogen and oxygen atoms in total. The highest BCUT2D eigenvalue weighted by Crippen LogP contribution is 2.17. The quantitative estimate of drug-likeness (QED) is 0.563. The number of carbonyl (C=O) groups excluding carboxylic acids is 2. The van der Waals surface area contributed by atoms with Crippen molar-refractivity contribution in [2.75, 3.05) is 19.7 Å². The predicted molar refractivity (Wildman–Crippen MR) is 55.2 cm³/mol. The van der Waals surface area contributed by atoms with Crippen molar-refractivity contribution >= 4 is 27.8 Å². The predicted octanol–water partition coefficient (Wildman–Crippen LogP) is 0.935. The first-order valence-electron chi connectivity index (χ1n) is 4.73. The molecule has 1 fully saturated rings. The first kappa shape index (κ1) is 11.5. The number of amides is 1. The van der Waals surface area contributed by atoms with Crippen molar-refractivity contribution in [2.24, 2.45) is 0 Å². The molecule has 1 heterocycles. The summed E-state index contributed by atoms with van der Waals surface area (Å²) in [4.78, 5) is 24.1. The summed E-state index contributed by atoms with van der Waals surface area (Å²) in [7, 11) is 0. The van der Waals surface area contributed by atoms with Crippen LogP contribution in [0.4, 0.5) is 0 Å². The molecule has 1 rings (SSSR count). The molecule has 1 saturated heterocycles. The first-order valence-corrected chi connectivity index (χ1v) is 5.65. The zero-order valence-electron chi connectivity index (χ0n) is 8.16. The van der Waals surface area contributed by atoms with Crippen LogP contribution in [0.5, 0.6) is 0 Å². The molecule has 1 aliphatic rings. The van der Waals surface area contributed by atoms with Gasteiger partial charge in [-0.15, -0.1) is 0 Å². The highest BCUT2D eigenvalue weighted by molar-refractivity contribution is 9.10. The molecule has 0 aliphatic carbocycles. The number of alkyl halides is 1. The number of piperidine rings is 1. The maximum atomic E-state index is 11.5. The van der Waals surface area contributed by atoms with Crippen molar-refractivity contribution in [3.8, 4) is 0 Å². The minimum atomic E-state index is -0.331. The Morgan fingerprint density at radius 3 is 3.07 bits per heavy atom. The fraction of sp³-hybridized carbons (Fsp3) is 0.778. The monoisotopic (exact) mass is 263 g/mol. The number of esters is 1. The number of hydrogen-bond acceptors (Lipinski definition) is 3. The van der Waals surface area contributed by atoms with Crippen LogP contribution in [0.2, 0.25) is 0 Å². The van der Waals surface area contributed by atoms with E-state index in [-0.39, 0.29) is 23.2 Å². The van der Waals surface area contributed by atoms with Crippen molar-refractivity contribution in [3.63, 3.8) is 0 Å². The van der Waals surface area contributed by atoms with Gasteiger partial charge in [0.2, 0.25) is 5.91 Å². The van der Waals surface area contributed by atoms with Crippen LogP contribution >= 0.6 is 15.9 Å². The molecule has 0 spiro atoms. The molecule has 5 heteroatoms. The summed E-state index contributed by atoms with van der Waals surface area (Å²) in [5.74, 6) is -0.341. The van der Waals surface area contributed by atoms with E-state index < -0.39 is 0 Å². The molecule has 1 amide bonds. The Kier molecular flexibility index (Phi) is 4.38. The van der Waals surface area contributed by atoms with Crippen LogP contribution in [0.3, 0.4) is 0 Å². The van der Waals surface area contributed by atoms with E-state index in [1.807, 2.05) is 0 Å². The lowest BCUT2D eigenvalue weighted by molar-refractivity contribution is -0.149. The van der Waals surface area contributed by atoms with Crippen LogP contribution in [0.25, 0.3) is 0 Å². The molecular formula is C9H14BrNO3. The van der Waals surface area contributed by atoms with Gasteiger partial charge >= 0.3 is 5.97 Å². The number of hydrogen-bond donors (Lipinski definition) is 0. The zero-order valence-corrected chi connectivity index (χ0v) is 9.75. The standard InChI is InChI=1S/C9H14BrNO3/c1-2-14-8(12)6-11-5-3-4-7(10)9(11)13/h7H,2-6H2,1H3. The first-order chi connectivity index (χ1) is 6.65. The fourth-order valence-electron chi connectivity index (χ4n) is 1.41. The van der Waals surface area contributed by atoms with Gasteiger partial charge in [0.05, 0.1) is 11.4 Å².